The predicted octanol–water partition coefficient (Wildman–Crippen LogP) is 6.23. The summed E-state index contributed by atoms with van der Waals surface area (Å²) < 4.78 is 26.5. The van der Waals surface area contributed by atoms with Crippen LogP contribution in [0.1, 0.15) is 38.3 Å². The number of hydrogen-bond donors (Lipinski definition) is 1. The van der Waals surface area contributed by atoms with Crippen LogP contribution in [-0.2, 0) is 40.6 Å². The zero-order valence-electron chi connectivity index (χ0n) is 27.1. The number of carbonyl (C=O) groups excluding carboxylic acids is 3. The molecule has 0 aliphatic rings. The predicted molar refractivity (Wildman–Crippen MR) is 181 cm³/mol. The fourth-order valence-electron chi connectivity index (χ4n) is 4.96. The number of amides is 1. The van der Waals surface area contributed by atoms with Crippen molar-refractivity contribution in [2.75, 3.05) is 39.9 Å². The van der Waals surface area contributed by atoms with E-state index >= 15 is 0 Å². The van der Waals surface area contributed by atoms with Gasteiger partial charge < -0.3 is 33.0 Å². The Morgan fingerprint density at radius 1 is 0.638 bits per heavy atom. The van der Waals surface area contributed by atoms with Gasteiger partial charge in [-0.05, 0) is 78.2 Å². The highest BCUT2D eigenvalue weighted by atomic mass is 28.4. The summed E-state index contributed by atoms with van der Waals surface area (Å²) in [5, 5.41) is 2.96. The first-order valence-electron chi connectivity index (χ1n) is 15.1. The Hall–Kier alpha value is -4.81. The molecular formula is C36H40N2O8Si. The number of carbonyl (C=O) groups is 3. The SMILES string of the molecule is COC(=O)c1ccc(C(=O)OCc2ccc(N(c3ccccc3)c3ccc(CC(=O)NCCC[Si](OC)(OC)OC)cc3)cc2)cc1. The summed E-state index contributed by atoms with van der Waals surface area (Å²) in [4.78, 5) is 38.9. The fourth-order valence-corrected chi connectivity index (χ4v) is 6.68. The maximum atomic E-state index is 12.6. The normalized spacial score (nSPS) is 11.1. The molecule has 0 heterocycles. The second kappa shape index (κ2) is 17.2. The van der Waals surface area contributed by atoms with Crippen LogP contribution < -0.4 is 10.2 Å². The van der Waals surface area contributed by atoms with Gasteiger partial charge >= 0.3 is 20.7 Å². The third-order valence-corrected chi connectivity index (χ3v) is 10.4. The average Bonchev–Trinajstić information content (AvgIpc) is 3.12. The van der Waals surface area contributed by atoms with Crippen LogP contribution in [-0.4, -0.2) is 61.6 Å². The Balaban J connectivity index is 1.37. The lowest BCUT2D eigenvalue weighted by molar-refractivity contribution is -0.120. The molecule has 47 heavy (non-hydrogen) atoms. The molecule has 0 bridgehead atoms. The van der Waals surface area contributed by atoms with Gasteiger partial charge in [0.05, 0.1) is 24.7 Å². The van der Waals surface area contributed by atoms with Gasteiger partial charge in [-0.1, -0.05) is 42.5 Å². The summed E-state index contributed by atoms with van der Waals surface area (Å²) >= 11 is 0. The summed E-state index contributed by atoms with van der Waals surface area (Å²) in [7, 11) is 3.38. The van der Waals surface area contributed by atoms with E-state index in [0.717, 1.165) is 28.2 Å². The van der Waals surface area contributed by atoms with Crippen molar-refractivity contribution in [1.82, 2.24) is 5.32 Å². The molecule has 0 atom stereocenters. The highest BCUT2D eigenvalue weighted by molar-refractivity contribution is 6.60. The smallest absolute Gasteiger partial charge is 0.465 e. The van der Waals surface area contributed by atoms with E-state index in [2.05, 4.69) is 10.2 Å². The first kappa shape index (κ1) is 35.0. The van der Waals surface area contributed by atoms with Gasteiger partial charge in [0.1, 0.15) is 6.61 Å². The van der Waals surface area contributed by atoms with E-state index in [4.69, 9.17) is 22.8 Å². The molecule has 0 saturated heterocycles. The van der Waals surface area contributed by atoms with Crippen molar-refractivity contribution < 1.29 is 37.1 Å². The molecule has 1 N–H and O–H groups in total. The third kappa shape index (κ3) is 9.60. The minimum Gasteiger partial charge on any atom is -0.465 e. The number of ether oxygens (including phenoxy) is 2. The van der Waals surface area contributed by atoms with E-state index in [9.17, 15) is 14.4 Å². The number of anilines is 3. The van der Waals surface area contributed by atoms with Gasteiger partial charge in [0.2, 0.25) is 5.91 Å². The Bertz CT molecular complexity index is 1590. The molecule has 0 fully saturated rings. The molecule has 246 valence electrons. The number of methoxy groups -OCH3 is 1. The topological polar surface area (TPSA) is 113 Å². The summed E-state index contributed by atoms with van der Waals surface area (Å²) in [5.74, 6) is -1.02. The monoisotopic (exact) mass is 656 g/mol. The zero-order chi connectivity index (χ0) is 33.6. The molecule has 10 nitrogen and oxygen atoms in total. The van der Waals surface area contributed by atoms with Gasteiger partial charge in [0.25, 0.3) is 0 Å². The van der Waals surface area contributed by atoms with Crippen molar-refractivity contribution >= 4 is 43.7 Å². The van der Waals surface area contributed by atoms with Crippen LogP contribution in [0.5, 0.6) is 0 Å². The lowest BCUT2D eigenvalue weighted by Gasteiger charge is -2.26. The van der Waals surface area contributed by atoms with E-state index in [1.165, 1.54) is 31.4 Å². The number of nitrogens with one attached hydrogen (secondary N) is 1. The van der Waals surface area contributed by atoms with Crippen LogP contribution in [0.4, 0.5) is 17.1 Å². The first-order valence-corrected chi connectivity index (χ1v) is 17.0. The van der Waals surface area contributed by atoms with E-state index in [-0.39, 0.29) is 18.9 Å². The molecule has 0 aliphatic heterocycles. The van der Waals surface area contributed by atoms with Gasteiger partial charge in [-0.15, -0.1) is 0 Å². The van der Waals surface area contributed by atoms with Crippen LogP contribution in [0, 0.1) is 0 Å². The molecule has 0 aliphatic carbocycles. The summed E-state index contributed by atoms with van der Waals surface area (Å²) in [6.45, 7) is 0.594. The van der Waals surface area contributed by atoms with Gasteiger partial charge in [-0.25, -0.2) is 9.59 Å². The van der Waals surface area contributed by atoms with E-state index in [1.54, 1.807) is 21.3 Å². The van der Waals surface area contributed by atoms with E-state index in [0.29, 0.717) is 30.1 Å². The zero-order valence-corrected chi connectivity index (χ0v) is 28.1. The number of hydrogen-bond acceptors (Lipinski definition) is 9. The minimum atomic E-state index is -2.66. The fraction of sp³-hybridized carbons (Fsp3) is 0.250. The van der Waals surface area contributed by atoms with Crippen LogP contribution in [0.2, 0.25) is 6.04 Å². The van der Waals surface area contributed by atoms with Crippen LogP contribution >= 0.6 is 0 Å². The van der Waals surface area contributed by atoms with Gasteiger partial charge in [-0.3, -0.25) is 4.79 Å². The number of nitrogens with zero attached hydrogens (tertiary/aromatic N) is 1. The molecule has 0 saturated carbocycles. The van der Waals surface area contributed by atoms with Crippen molar-refractivity contribution in [3.05, 3.63) is 125 Å². The van der Waals surface area contributed by atoms with Crippen molar-refractivity contribution in [2.45, 2.75) is 25.5 Å². The Labute approximate surface area is 276 Å². The van der Waals surface area contributed by atoms with Crippen molar-refractivity contribution in [3.63, 3.8) is 0 Å². The number of para-hydroxylation sites is 1. The number of benzene rings is 4. The maximum Gasteiger partial charge on any atom is 0.500 e. The summed E-state index contributed by atoms with van der Waals surface area (Å²) in [6, 6.07) is 32.4. The number of rotatable bonds is 16. The Morgan fingerprint density at radius 2 is 1.15 bits per heavy atom. The maximum absolute atomic E-state index is 12.6. The second-order valence-corrected chi connectivity index (χ2v) is 13.7. The van der Waals surface area contributed by atoms with Crippen LogP contribution in [0.25, 0.3) is 0 Å². The molecule has 11 heteroatoms. The molecule has 1 amide bonds. The molecule has 4 aromatic rings. The second-order valence-electron chi connectivity index (χ2n) is 10.6. The molecular weight excluding hydrogens is 616 g/mol. The summed E-state index contributed by atoms with van der Waals surface area (Å²) in [6.07, 6.45) is 0.946. The lowest BCUT2D eigenvalue weighted by Crippen LogP contribution is -2.43. The molecule has 0 radical (unpaired) electrons. The average molecular weight is 657 g/mol. The largest absolute Gasteiger partial charge is 0.500 e. The van der Waals surface area contributed by atoms with Crippen molar-refractivity contribution in [3.8, 4) is 0 Å². The standard InChI is InChI=1S/C36H40N2O8Si/c1-42-35(40)29-15-17-30(18-16-29)36(41)46-26-28-13-21-33(22-14-28)38(31-9-6-5-7-10-31)32-19-11-27(12-20-32)25-34(39)37-23-8-24-47(43-2,44-3)45-4/h5-7,9-22H,8,23-26H2,1-4H3,(H,37,39). The van der Waals surface area contributed by atoms with Crippen molar-refractivity contribution in [1.29, 1.82) is 0 Å². The Kier molecular flexibility index (Phi) is 12.8. The highest BCUT2D eigenvalue weighted by Crippen LogP contribution is 2.34. The van der Waals surface area contributed by atoms with E-state index in [1.807, 2.05) is 78.9 Å². The summed E-state index contributed by atoms with van der Waals surface area (Å²) in [5.41, 5.74) is 5.22. The lowest BCUT2D eigenvalue weighted by atomic mass is 10.1. The van der Waals surface area contributed by atoms with Crippen molar-refractivity contribution in [2.24, 2.45) is 0 Å². The van der Waals surface area contributed by atoms with Crippen LogP contribution in [0.3, 0.4) is 0 Å². The van der Waals surface area contributed by atoms with Gasteiger partial charge in [0, 0.05) is 51.0 Å². The molecule has 4 rings (SSSR count). The molecule has 0 spiro atoms. The minimum absolute atomic E-state index is 0.0633. The first-order chi connectivity index (χ1) is 22.8. The van der Waals surface area contributed by atoms with Gasteiger partial charge in [-0.2, -0.15) is 0 Å². The van der Waals surface area contributed by atoms with Gasteiger partial charge in [0.15, 0.2) is 0 Å². The number of esters is 2. The highest BCUT2D eigenvalue weighted by Gasteiger charge is 2.36. The molecule has 0 unspecified atom stereocenters. The van der Waals surface area contributed by atoms with E-state index < -0.39 is 20.7 Å². The molecule has 0 aromatic heterocycles. The molecule has 4 aromatic carbocycles. The Morgan fingerprint density at radius 3 is 1.68 bits per heavy atom. The quantitative estimate of drug-likeness (QED) is 0.0853. The van der Waals surface area contributed by atoms with Crippen LogP contribution in [0.15, 0.2) is 103 Å². The third-order valence-electron chi connectivity index (χ3n) is 7.59.